The van der Waals surface area contributed by atoms with E-state index >= 15 is 0 Å². The number of carbonyl (C=O) groups is 2. The zero-order chi connectivity index (χ0) is 17.2. The first-order chi connectivity index (χ1) is 10.7. The minimum atomic E-state index is -0.878. The molecular weight excluding hydrogens is 294 g/mol. The predicted octanol–water partition coefficient (Wildman–Crippen LogP) is 3.08. The number of carboxylic acids is 1. The van der Waals surface area contributed by atoms with Crippen LogP contribution in [-0.2, 0) is 10.3 Å². The van der Waals surface area contributed by atoms with Crippen molar-refractivity contribution in [2.75, 3.05) is 5.32 Å². The minimum Gasteiger partial charge on any atom is -0.481 e. The van der Waals surface area contributed by atoms with Gasteiger partial charge in [0.25, 0.3) is 5.91 Å². The molecule has 1 aromatic heterocycles. The molecule has 1 aromatic carbocycles. The molecule has 23 heavy (non-hydrogen) atoms. The van der Waals surface area contributed by atoms with E-state index in [1.54, 1.807) is 42.1 Å². The van der Waals surface area contributed by atoms with Crippen molar-refractivity contribution in [3.63, 3.8) is 0 Å². The summed E-state index contributed by atoms with van der Waals surface area (Å²) in [5, 5.41) is 16.0. The van der Waals surface area contributed by atoms with Crippen molar-refractivity contribution in [2.45, 2.75) is 39.2 Å². The molecule has 1 amide bonds. The summed E-state index contributed by atoms with van der Waals surface area (Å²) in [5.74, 6) is -1.71. The molecule has 1 heterocycles. The van der Waals surface area contributed by atoms with E-state index in [-0.39, 0.29) is 11.4 Å². The highest BCUT2D eigenvalue weighted by molar-refractivity contribution is 6.03. The van der Waals surface area contributed by atoms with Crippen LogP contribution in [-0.4, -0.2) is 26.8 Å². The summed E-state index contributed by atoms with van der Waals surface area (Å²) in [5.41, 5.74) is 1.59. The fourth-order valence-corrected chi connectivity index (χ4v) is 2.01. The van der Waals surface area contributed by atoms with E-state index in [2.05, 4.69) is 10.4 Å². The largest absolute Gasteiger partial charge is 0.481 e. The molecule has 0 bridgehead atoms. The SMILES string of the molecule is CC(C(=O)O)c1ccc(NC(=O)c2cnn(C(C)(C)C)c2)cc1. The molecule has 2 N–H and O–H groups in total. The number of carboxylic acid groups (broad SMARTS) is 1. The van der Waals surface area contributed by atoms with Gasteiger partial charge in [-0.25, -0.2) is 0 Å². The molecule has 1 unspecified atom stereocenters. The molecule has 1 atom stereocenters. The smallest absolute Gasteiger partial charge is 0.310 e. The Hall–Kier alpha value is -2.63. The van der Waals surface area contributed by atoms with Crippen LogP contribution in [0.4, 0.5) is 5.69 Å². The Bertz CT molecular complexity index is 711. The van der Waals surface area contributed by atoms with Crippen LogP contribution < -0.4 is 5.32 Å². The molecule has 0 saturated heterocycles. The van der Waals surface area contributed by atoms with Crippen molar-refractivity contribution in [1.82, 2.24) is 9.78 Å². The Morgan fingerprint density at radius 1 is 1.22 bits per heavy atom. The molecule has 6 nitrogen and oxygen atoms in total. The Balaban J connectivity index is 2.08. The number of nitrogens with one attached hydrogen (secondary N) is 1. The second kappa shape index (κ2) is 6.24. The monoisotopic (exact) mass is 315 g/mol. The van der Waals surface area contributed by atoms with E-state index in [0.29, 0.717) is 16.8 Å². The lowest BCUT2D eigenvalue weighted by Crippen LogP contribution is -2.22. The Kier molecular flexibility index (Phi) is 4.54. The van der Waals surface area contributed by atoms with Crippen molar-refractivity contribution >= 4 is 17.6 Å². The quantitative estimate of drug-likeness (QED) is 0.908. The molecule has 0 aliphatic rings. The summed E-state index contributed by atoms with van der Waals surface area (Å²) < 4.78 is 1.74. The second-order valence-corrected chi connectivity index (χ2v) is 6.48. The first kappa shape index (κ1) is 16.7. The fourth-order valence-electron chi connectivity index (χ4n) is 2.01. The average molecular weight is 315 g/mol. The zero-order valence-corrected chi connectivity index (χ0v) is 13.7. The highest BCUT2D eigenvalue weighted by Gasteiger charge is 2.17. The average Bonchev–Trinajstić information content (AvgIpc) is 2.97. The van der Waals surface area contributed by atoms with Gasteiger partial charge in [-0.15, -0.1) is 0 Å². The summed E-state index contributed by atoms with van der Waals surface area (Å²) in [7, 11) is 0. The molecule has 0 radical (unpaired) electrons. The van der Waals surface area contributed by atoms with E-state index < -0.39 is 11.9 Å². The molecule has 0 aliphatic heterocycles. The summed E-state index contributed by atoms with van der Waals surface area (Å²) in [4.78, 5) is 23.2. The van der Waals surface area contributed by atoms with E-state index in [0.717, 1.165) is 0 Å². The number of nitrogens with zero attached hydrogens (tertiary/aromatic N) is 2. The first-order valence-corrected chi connectivity index (χ1v) is 7.38. The van der Waals surface area contributed by atoms with Crippen molar-refractivity contribution in [1.29, 1.82) is 0 Å². The third-order valence-corrected chi connectivity index (χ3v) is 3.57. The van der Waals surface area contributed by atoms with Gasteiger partial charge in [0.1, 0.15) is 0 Å². The predicted molar refractivity (Wildman–Crippen MR) is 87.7 cm³/mol. The molecule has 122 valence electrons. The van der Waals surface area contributed by atoms with Gasteiger partial charge in [0, 0.05) is 11.9 Å². The standard InChI is InChI=1S/C17H21N3O3/c1-11(16(22)23)12-5-7-14(8-6-12)19-15(21)13-9-18-20(10-13)17(2,3)4/h5-11H,1-4H3,(H,19,21)(H,22,23). The van der Waals surface area contributed by atoms with E-state index in [1.165, 1.54) is 6.20 Å². The highest BCUT2D eigenvalue weighted by Crippen LogP contribution is 2.19. The molecule has 0 spiro atoms. The second-order valence-electron chi connectivity index (χ2n) is 6.48. The van der Waals surface area contributed by atoms with Gasteiger partial charge in [-0.05, 0) is 45.4 Å². The topological polar surface area (TPSA) is 84.2 Å². The number of hydrogen-bond acceptors (Lipinski definition) is 3. The van der Waals surface area contributed by atoms with E-state index in [4.69, 9.17) is 5.11 Å². The summed E-state index contributed by atoms with van der Waals surface area (Å²) in [6, 6.07) is 6.79. The molecular formula is C17H21N3O3. The van der Waals surface area contributed by atoms with Crippen LogP contribution in [0.1, 0.15) is 49.5 Å². The number of rotatable bonds is 4. The van der Waals surface area contributed by atoms with Crippen molar-refractivity contribution in [2.24, 2.45) is 0 Å². The lowest BCUT2D eigenvalue weighted by atomic mass is 10.0. The number of carbonyl (C=O) groups excluding carboxylic acids is 1. The van der Waals surface area contributed by atoms with Crippen LogP contribution in [0.25, 0.3) is 0 Å². The summed E-state index contributed by atoms with van der Waals surface area (Å²) >= 11 is 0. The van der Waals surface area contributed by atoms with E-state index in [1.807, 2.05) is 20.8 Å². The Morgan fingerprint density at radius 2 is 1.83 bits per heavy atom. The number of anilines is 1. The van der Waals surface area contributed by atoms with Gasteiger partial charge in [-0.2, -0.15) is 5.10 Å². The minimum absolute atomic E-state index is 0.187. The maximum Gasteiger partial charge on any atom is 0.310 e. The lowest BCUT2D eigenvalue weighted by molar-refractivity contribution is -0.138. The van der Waals surface area contributed by atoms with Crippen LogP contribution >= 0.6 is 0 Å². The summed E-state index contributed by atoms with van der Waals surface area (Å²) in [6.45, 7) is 7.63. The van der Waals surface area contributed by atoms with Crippen LogP contribution in [0.3, 0.4) is 0 Å². The number of aliphatic carboxylic acids is 1. The molecule has 6 heteroatoms. The van der Waals surface area contributed by atoms with Crippen LogP contribution in [0.2, 0.25) is 0 Å². The van der Waals surface area contributed by atoms with Crippen molar-refractivity contribution in [3.05, 3.63) is 47.8 Å². The first-order valence-electron chi connectivity index (χ1n) is 7.38. The van der Waals surface area contributed by atoms with E-state index in [9.17, 15) is 9.59 Å². The lowest BCUT2D eigenvalue weighted by Gasteiger charge is -2.18. The Labute approximate surface area is 135 Å². The number of aromatic nitrogens is 2. The normalized spacial score (nSPS) is 12.7. The fraction of sp³-hybridized carbons (Fsp3) is 0.353. The number of amides is 1. The van der Waals surface area contributed by atoms with Gasteiger partial charge in [0.15, 0.2) is 0 Å². The maximum atomic E-state index is 12.2. The van der Waals surface area contributed by atoms with Crippen LogP contribution in [0, 0.1) is 0 Å². The van der Waals surface area contributed by atoms with Crippen molar-refractivity contribution < 1.29 is 14.7 Å². The van der Waals surface area contributed by atoms with Gasteiger partial charge in [-0.1, -0.05) is 12.1 Å². The Morgan fingerprint density at radius 3 is 2.30 bits per heavy atom. The molecule has 0 saturated carbocycles. The summed E-state index contributed by atoms with van der Waals surface area (Å²) in [6.07, 6.45) is 3.23. The third kappa shape index (κ3) is 3.97. The van der Waals surface area contributed by atoms with Gasteiger partial charge in [0.05, 0.1) is 23.2 Å². The molecule has 2 aromatic rings. The number of hydrogen-bond donors (Lipinski definition) is 2. The number of benzene rings is 1. The molecule has 2 rings (SSSR count). The maximum absolute atomic E-state index is 12.2. The van der Waals surface area contributed by atoms with Gasteiger partial charge < -0.3 is 10.4 Å². The molecule has 0 aliphatic carbocycles. The van der Waals surface area contributed by atoms with Crippen LogP contribution in [0.15, 0.2) is 36.7 Å². The van der Waals surface area contributed by atoms with Crippen molar-refractivity contribution in [3.8, 4) is 0 Å². The van der Waals surface area contributed by atoms with Crippen LogP contribution in [0.5, 0.6) is 0 Å². The van der Waals surface area contributed by atoms with Gasteiger partial charge in [-0.3, -0.25) is 14.3 Å². The zero-order valence-electron chi connectivity index (χ0n) is 13.7. The van der Waals surface area contributed by atoms with Gasteiger partial charge >= 0.3 is 5.97 Å². The highest BCUT2D eigenvalue weighted by atomic mass is 16.4. The molecule has 0 fully saturated rings. The third-order valence-electron chi connectivity index (χ3n) is 3.57. The van der Waals surface area contributed by atoms with Gasteiger partial charge in [0.2, 0.25) is 0 Å².